The van der Waals surface area contributed by atoms with Crippen LogP contribution in [-0.4, -0.2) is 24.9 Å². The van der Waals surface area contributed by atoms with E-state index in [4.69, 9.17) is 0 Å². The fourth-order valence-electron chi connectivity index (χ4n) is 3.11. The molecule has 0 saturated heterocycles. The van der Waals surface area contributed by atoms with Crippen molar-refractivity contribution in [2.24, 2.45) is 0 Å². The first kappa shape index (κ1) is 14.9. The van der Waals surface area contributed by atoms with Crippen molar-refractivity contribution in [2.45, 2.75) is 31.5 Å². The predicted molar refractivity (Wildman–Crippen MR) is 80.2 cm³/mol. The highest BCUT2D eigenvalue weighted by molar-refractivity contribution is 5.91. The van der Waals surface area contributed by atoms with Gasteiger partial charge in [0, 0.05) is 23.7 Å². The Morgan fingerprint density at radius 3 is 2.88 bits per heavy atom. The zero-order valence-corrected chi connectivity index (χ0v) is 12.4. The van der Waals surface area contributed by atoms with E-state index in [1.165, 1.54) is 12.7 Å². The second-order valence-electron chi connectivity index (χ2n) is 5.66. The molecule has 0 aliphatic heterocycles. The highest BCUT2D eigenvalue weighted by Gasteiger charge is 2.35. The molecule has 1 aliphatic carbocycles. The molecule has 0 amide bonds. The molecule has 1 atom stereocenters. The average molecular weight is 334 g/mol. The number of aromatic nitrogens is 5. The summed E-state index contributed by atoms with van der Waals surface area (Å²) in [4.78, 5) is 18.8. The Labute approximate surface area is 134 Å². The van der Waals surface area contributed by atoms with Crippen LogP contribution in [0.25, 0.3) is 11.0 Å². The summed E-state index contributed by atoms with van der Waals surface area (Å²) in [5.41, 5.74) is 1.20. The minimum atomic E-state index is -4.48. The van der Waals surface area contributed by atoms with Gasteiger partial charge < -0.3 is 10.3 Å². The van der Waals surface area contributed by atoms with Crippen LogP contribution < -0.4 is 5.32 Å². The Bertz CT molecular complexity index is 888. The third-order valence-corrected chi connectivity index (χ3v) is 4.20. The van der Waals surface area contributed by atoms with Crippen LogP contribution in [0.1, 0.15) is 35.7 Å². The standard InChI is InChI=1S/C15H13F3N6/c16-15(17,18)9-5-20-13-12(9)14(23-7-22-13)24-11-3-1-2-10-8(11)4-19-6-21-10/h4-7,11H,1-3H2,(H2,20,22,23,24). The molecule has 3 heterocycles. The summed E-state index contributed by atoms with van der Waals surface area (Å²) in [6, 6.07) is -0.177. The van der Waals surface area contributed by atoms with Crippen LogP contribution in [0.15, 0.2) is 25.0 Å². The summed E-state index contributed by atoms with van der Waals surface area (Å²) in [5, 5.41) is 3.08. The van der Waals surface area contributed by atoms with Gasteiger partial charge in [-0.2, -0.15) is 13.2 Å². The lowest BCUT2D eigenvalue weighted by atomic mass is 9.92. The van der Waals surface area contributed by atoms with Gasteiger partial charge in [0.25, 0.3) is 0 Å². The molecule has 0 bridgehead atoms. The lowest BCUT2D eigenvalue weighted by Gasteiger charge is -2.25. The van der Waals surface area contributed by atoms with Crippen molar-refractivity contribution in [2.75, 3.05) is 5.32 Å². The molecule has 0 saturated carbocycles. The van der Waals surface area contributed by atoms with Gasteiger partial charge in [-0.15, -0.1) is 0 Å². The van der Waals surface area contributed by atoms with Crippen LogP contribution >= 0.6 is 0 Å². The van der Waals surface area contributed by atoms with Crippen molar-refractivity contribution in [1.29, 1.82) is 0 Å². The van der Waals surface area contributed by atoms with Gasteiger partial charge in [-0.3, -0.25) is 0 Å². The van der Waals surface area contributed by atoms with Gasteiger partial charge in [0.05, 0.1) is 17.0 Å². The average Bonchev–Trinajstić information content (AvgIpc) is 3.01. The predicted octanol–water partition coefficient (Wildman–Crippen LogP) is 3.26. The minimum Gasteiger partial charge on any atom is -0.362 e. The lowest BCUT2D eigenvalue weighted by Crippen LogP contribution is -2.19. The zero-order chi connectivity index (χ0) is 16.7. The van der Waals surface area contributed by atoms with E-state index < -0.39 is 11.7 Å². The summed E-state index contributed by atoms with van der Waals surface area (Å²) in [6.45, 7) is 0. The molecule has 0 spiro atoms. The highest BCUT2D eigenvalue weighted by atomic mass is 19.4. The second-order valence-corrected chi connectivity index (χ2v) is 5.66. The number of hydrogen-bond acceptors (Lipinski definition) is 5. The van der Waals surface area contributed by atoms with E-state index in [1.54, 1.807) is 6.20 Å². The third-order valence-electron chi connectivity index (χ3n) is 4.20. The maximum atomic E-state index is 13.2. The van der Waals surface area contributed by atoms with E-state index in [-0.39, 0.29) is 22.9 Å². The molecule has 1 aliphatic rings. The summed E-state index contributed by atoms with van der Waals surface area (Å²) in [5.74, 6) is 0.162. The monoisotopic (exact) mass is 334 g/mol. The van der Waals surface area contributed by atoms with E-state index in [2.05, 4.69) is 30.2 Å². The van der Waals surface area contributed by atoms with Gasteiger partial charge in [-0.25, -0.2) is 19.9 Å². The van der Waals surface area contributed by atoms with E-state index in [9.17, 15) is 13.2 Å². The fraction of sp³-hybridized carbons (Fsp3) is 0.333. The molecule has 9 heteroatoms. The smallest absolute Gasteiger partial charge is 0.362 e. The number of hydrogen-bond donors (Lipinski definition) is 2. The molecule has 0 aromatic carbocycles. The number of aromatic amines is 1. The number of nitrogens with zero attached hydrogens (tertiary/aromatic N) is 4. The number of aryl methyl sites for hydroxylation is 1. The molecular formula is C15H13F3N6. The van der Waals surface area contributed by atoms with Crippen LogP contribution in [-0.2, 0) is 12.6 Å². The first-order chi connectivity index (χ1) is 11.5. The van der Waals surface area contributed by atoms with Gasteiger partial charge in [0.15, 0.2) is 0 Å². The maximum Gasteiger partial charge on any atom is 0.418 e. The molecule has 0 fully saturated rings. The van der Waals surface area contributed by atoms with Crippen molar-refractivity contribution in [3.05, 3.63) is 41.9 Å². The van der Waals surface area contributed by atoms with Crippen molar-refractivity contribution >= 4 is 16.9 Å². The molecule has 24 heavy (non-hydrogen) atoms. The summed E-state index contributed by atoms with van der Waals surface area (Å²) >= 11 is 0. The lowest BCUT2D eigenvalue weighted by molar-refractivity contribution is -0.136. The summed E-state index contributed by atoms with van der Waals surface area (Å²) < 4.78 is 39.7. The molecule has 0 radical (unpaired) electrons. The molecule has 6 nitrogen and oxygen atoms in total. The largest absolute Gasteiger partial charge is 0.418 e. The van der Waals surface area contributed by atoms with Crippen LogP contribution in [0.4, 0.5) is 19.0 Å². The Morgan fingerprint density at radius 1 is 1.17 bits per heavy atom. The Morgan fingerprint density at radius 2 is 2.04 bits per heavy atom. The van der Waals surface area contributed by atoms with E-state index in [0.717, 1.165) is 36.7 Å². The number of rotatable bonds is 2. The maximum absolute atomic E-state index is 13.2. The number of alkyl halides is 3. The molecule has 1 unspecified atom stereocenters. The molecule has 3 aromatic heterocycles. The Kier molecular flexibility index (Phi) is 3.36. The molecular weight excluding hydrogens is 321 g/mol. The topological polar surface area (TPSA) is 79.4 Å². The van der Waals surface area contributed by atoms with Crippen molar-refractivity contribution in [3.8, 4) is 0 Å². The van der Waals surface area contributed by atoms with Gasteiger partial charge in [-0.05, 0) is 19.3 Å². The van der Waals surface area contributed by atoms with Gasteiger partial charge in [-0.1, -0.05) is 0 Å². The Hall–Kier alpha value is -2.71. The first-order valence-corrected chi connectivity index (χ1v) is 7.48. The zero-order valence-electron chi connectivity index (χ0n) is 12.4. The number of H-pyrrole nitrogens is 1. The minimum absolute atomic E-state index is 0.0472. The van der Waals surface area contributed by atoms with Gasteiger partial charge >= 0.3 is 6.18 Å². The third kappa shape index (κ3) is 2.45. The molecule has 3 aromatic rings. The van der Waals surface area contributed by atoms with Crippen LogP contribution in [0.5, 0.6) is 0 Å². The van der Waals surface area contributed by atoms with E-state index in [0.29, 0.717) is 0 Å². The van der Waals surface area contributed by atoms with Crippen molar-refractivity contribution < 1.29 is 13.2 Å². The molecule has 124 valence electrons. The summed E-state index contributed by atoms with van der Waals surface area (Å²) in [7, 11) is 0. The van der Waals surface area contributed by atoms with E-state index in [1.807, 2.05) is 0 Å². The first-order valence-electron chi connectivity index (χ1n) is 7.48. The molecule has 4 rings (SSSR count). The number of halogens is 3. The quantitative estimate of drug-likeness (QED) is 0.752. The van der Waals surface area contributed by atoms with Crippen LogP contribution in [0, 0.1) is 0 Å². The number of anilines is 1. The number of fused-ring (bicyclic) bond motifs is 2. The normalized spacial score (nSPS) is 17.7. The van der Waals surface area contributed by atoms with Crippen molar-refractivity contribution in [1.82, 2.24) is 24.9 Å². The fourth-order valence-corrected chi connectivity index (χ4v) is 3.11. The second kappa shape index (κ2) is 5.43. The number of nitrogens with one attached hydrogen (secondary N) is 2. The van der Waals surface area contributed by atoms with Gasteiger partial charge in [0.1, 0.15) is 24.1 Å². The SMILES string of the molecule is FC(F)(F)c1c[nH]c2ncnc(NC3CCCc4ncncc43)c12. The molecule has 2 N–H and O–H groups in total. The Balaban J connectivity index is 1.77. The summed E-state index contributed by atoms with van der Waals surface area (Å²) in [6.07, 6.45) is 3.39. The van der Waals surface area contributed by atoms with Crippen LogP contribution in [0.2, 0.25) is 0 Å². The van der Waals surface area contributed by atoms with E-state index >= 15 is 0 Å². The van der Waals surface area contributed by atoms with Crippen LogP contribution in [0.3, 0.4) is 0 Å². The highest BCUT2D eigenvalue weighted by Crippen LogP contribution is 2.38. The van der Waals surface area contributed by atoms with Crippen molar-refractivity contribution in [3.63, 3.8) is 0 Å². The van der Waals surface area contributed by atoms with Gasteiger partial charge in [0.2, 0.25) is 0 Å².